The van der Waals surface area contributed by atoms with Gasteiger partial charge >= 0.3 is 0 Å². The fraction of sp³-hybridized carbons (Fsp3) is 0.211. The second-order valence-electron chi connectivity index (χ2n) is 5.99. The first-order valence-electron chi connectivity index (χ1n) is 7.82. The van der Waals surface area contributed by atoms with Crippen LogP contribution in [0.2, 0.25) is 0 Å². The summed E-state index contributed by atoms with van der Waals surface area (Å²) >= 11 is 0. The zero-order valence-electron chi connectivity index (χ0n) is 12.9. The Kier molecular flexibility index (Phi) is 3.58. The molecule has 2 aromatic rings. The van der Waals surface area contributed by atoms with Gasteiger partial charge in [0.1, 0.15) is 18.2 Å². The molecule has 0 radical (unpaired) electrons. The minimum absolute atomic E-state index is 0.00954. The Morgan fingerprint density at radius 3 is 2.96 bits per heavy atom. The number of aliphatic hydroxyl groups is 1. The molecule has 0 saturated carbocycles. The molecule has 2 aliphatic rings. The van der Waals surface area contributed by atoms with E-state index in [-0.39, 0.29) is 30.9 Å². The first-order chi connectivity index (χ1) is 11.7. The van der Waals surface area contributed by atoms with E-state index >= 15 is 0 Å². The molecule has 1 N–H and O–H groups in total. The number of hydrogen-bond donors (Lipinski definition) is 1. The van der Waals surface area contributed by atoms with Crippen LogP contribution in [0.4, 0.5) is 10.1 Å². The summed E-state index contributed by atoms with van der Waals surface area (Å²) in [6, 6.07) is 11.8. The number of aliphatic hydroxyl groups excluding tert-OH is 1. The fourth-order valence-corrected chi connectivity index (χ4v) is 3.29. The highest BCUT2D eigenvalue weighted by atomic mass is 19.1. The number of anilines is 1. The predicted molar refractivity (Wildman–Crippen MR) is 88.5 cm³/mol. The van der Waals surface area contributed by atoms with Crippen molar-refractivity contribution in [1.82, 2.24) is 0 Å². The summed E-state index contributed by atoms with van der Waals surface area (Å²) in [6.07, 6.45) is 1.68. The molecular weight excluding hydrogens is 309 g/mol. The molecule has 1 atom stereocenters. The van der Waals surface area contributed by atoms with Crippen LogP contribution in [-0.4, -0.2) is 30.8 Å². The van der Waals surface area contributed by atoms with Crippen molar-refractivity contribution in [2.75, 3.05) is 24.7 Å². The van der Waals surface area contributed by atoms with Gasteiger partial charge in [0.25, 0.3) is 5.91 Å². The Bertz CT molecular complexity index is 846. The van der Waals surface area contributed by atoms with Crippen LogP contribution in [0.5, 0.6) is 5.75 Å². The molecule has 0 bridgehead atoms. The second kappa shape index (κ2) is 5.76. The lowest BCUT2D eigenvalue weighted by Gasteiger charge is -2.23. The summed E-state index contributed by atoms with van der Waals surface area (Å²) in [7, 11) is 0. The van der Waals surface area contributed by atoms with Crippen LogP contribution < -0.4 is 9.64 Å². The van der Waals surface area contributed by atoms with Gasteiger partial charge in [-0.05, 0) is 35.9 Å². The van der Waals surface area contributed by atoms with Crippen molar-refractivity contribution in [3.63, 3.8) is 0 Å². The molecule has 0 aliphatic carbocycles. The molecule has 122 valence electrons. The molecule has 2 aromatic carbocycles. The van der Waals surface area contributed by atoms with E-state index in [0.717, 1.165) is 11.3 Å². The lowest BCUT2D eigenvalue weighted by atomic mass is 10.0. The van der Waals surface area contributed by atoms with Gasteiger partial charge in [-0.2, -0.15) is 0 Å². The van der Waals surface area contributed by atoms with Gasteiger partial charge in [-0.15, -0.1) is 0 Å². The molecule has 0 fully saturated rings. The largest absolute Gasteiger partial charge is 0.488 e. The molecule has 0 aromatic heterocycles. The second-order valence-corrected chi connectivity index (χ2v) is 5.99. The molecule has 0 spiro atoms. The molecule has 5 heteroatoms. The van der Waals surface area contributed by atoms with E-state index in [1.165, 1.54) is 12.1 Å². The molecule has 1 amide bonds. The number of para-hydroxylation sites is 1. The minimum Gasteiger partial charge on any atom is -0.488 e. The molecule has 0 saturated heterocycles. The van der Waals surface area contributed by atoms with Crippen molar-refractivity contribution in [3.8, 4) is 5.75 Å². The van der Waals surface area contributed by atoms with Crippen LogP contribution in [0.3, 0.4) is 0 Å². The number of carbonyl (C=O) groups is 1. The fourth-order valence-electron chi connectivity index (χ4n) is 3.29. The topological polar surface area (TPSA) is 49.8 Å². The smallest absolute Gasteiger partial charge is 0.257 e. The number of nitrogens with zero attached hydrogens (tertiary/aromatic N) is 1. The molecule has 1 unspecified atom stereocenters. The van der Waals surface area contributed by atoms with Gasteiger partial charge in [0.05, 0.1) is 12.2 Å². The molecule has 4 nitrogen and oxygen atoms in total. The lowest BCUT2D eigenvalue weighted by molar-refractivity contribution is -0.115. The third kappa shape index (κ3) is 2.37. The monoisotopic (exact) mass is 325 g/mol. The summed E-state index contributed by atoms with van der Waals surface area (Å²) < 4.78 is 19.0. The van der Waals surface area contributed by atoms with E-state index in [0.29, 0.717) is 23.4 Å². The first-order valence-corrected chi connectivity index (χ1v) is 7.82. The van der Waals surface area contributed by atoms with Gasteiger partial charge < -0.3 is 14.7 Å². The predicted octanol–water partition coefficient (Wildman–Crippen LogP) is 2.72. The van der Waals surface area contributed by atoms with Crippen molar-refractivity contribution in [3.05, 3.63) is 65.0 Å². The van der Waals surface area contributed by atoms with Gasteiger partial charge in [0.2, 0.25) is 0 Å². The number of benzene rings is 2. The van der Waals surface area contributed by atoms with Crippen LogP contribution in [0.25, 0.3) is 6.08 Å². The SMILES string of the molecule is O=C(C1=Cc2cc(F)ccc2OC1)N1CC(CO)c2ccccc21. The number of carbonyl (C=O) groups excluding carboxylic acids is 1. The molecular formula is C19H16FNO3. The first kappa shape index (κ1) is 14.9. The number of hydrogen-bond acceptors (Lipinski definition) is 3. The van der Waals surface area contributed by atoms with E-state index in [2.05, 4.69) is 0 Å². The summed E-state index contributed by atoms with van der Waals surface area (Å²) in [5, 5.41) is 9.56. The summed E-state index contributed by atoms with van der Waals surface area (Å²) in [5.74, 6) is -0.0505. The highest BCUT2D eigenvalue weighted by molar-refractivity contribution is 6.10. The molecule has 2 aliphatic heterocycles. The van der Waals surface area contributed by atoms with E-state index in [4.69, 9.17) is 4.74 Å². The standard InChI is InChI=1S/C19H16FNO3/c20-15-5-6-18-12(8-15)7-13(11-24-18)19(23)21-9-14(10-22)16-3-1-2-4-17(16)21/h1-8,14,22H,9-11H2. The number of amides is 1. The van der Waals surface area contributed by atoms with E-state index in [1.807, 2.05) is 24.3 Å². The quantitative estimate of drug-likeness (QED) is 0.924. The zero-order chi connectivity index (χ0) is 16.7. The van der Waals surface area contributed by atoms with Crippen LogP contribution in [0, 0.1) is 5.82 Å². The Labute approximate surface area is 138 Å². The highest BCUT2D eigenvalue weighted by Gasteiger charge is 2.33. The van der Waals surface area contributed by atoms with Crippen LogP contribution in [0.15, 0.2) is 48.0 Å². The van der Waals surface area contributed by atoms with E-state index in [1.54, 1.807) is 17.0 Å². The van der Waals surface area contributed by atoms with Crippen molar-refractivity contribution < 1.29 is 19.0 Å². The Morgan fingerprint density at radius 1 is 1.29 bits per heavy atom. The summed E-state index contributed by atoms with van der Waals surface area (Å²) in [5.41, 5.74) is 2.82. The van der Waals surface area contributed by atoms with Crippen LogP contribution in [0.1, 0.15) is 17.0 Å². The maximum Gasteiger partial charge on any atom is 0.257 e. The van der Waals surface area contributed by atoms with Gasteiger partial charge in [-0.3, -0.25) is 4.79 Å². The molecule has 4 rings (SSSR count). The normalized spacial score (nSPS) is 18.5. The average molecular weight is 325 g/mol. The number of fused-ring (bicyclic) bond motifs is 2. The Morgan fingerprint density at radius 2 is 2.12 bits per heavy atom. The number of rotatable bonds is 2. The summed E-state index contributed by atoms with van der Waals surface area (Å²) in [6.45, 7) is 0.576. The lowest BCUT2D eigenvalue weighted by Crippen LogP contribution is -2.33. The molecule has 2 heterocycles. The highest BCUT2D eigenvalue weighted by Crippen LogP contribution is 2.37. The number of halogens is 1. The maximum absolute atomic E-state index is 13.4. The van der Waals surface area contributed by atoms with E-state index in [9.17, 15) is 14.3 Å². The maximum atomic E-state index is 13.4. The van der Waals surface area contributed by atoms with Crippen LogP contribution in [-0.2, 0) is 4.79 Å². The van der Waals surface area contributed by atoms with Gasteiger partial charge in [0.15, 0.2) is 0 Å². The van der Waals surface area contributed by atoms with Gasteiger partial charge in [-0.1, -0.05) is 18.2 Å². The molecule has 24 heavy (non-hydrogen) atoms. The van der Waals surface area contributed by atoms with Gasteiger partial charge in [-0.25, -0.2) is 4.39 Å². The zero-order valence-corrected chi connectivity index (χ0v) is 12.9. The Balaban J connectivity index is 1.68. The third-order valence-corrected chi connectivity index (χ3v) is 4.50. The third-order valence-electron chi connectivity index (χ3n) is 4.50. The van der Waals surface area contributed by atoms with Crippen LogP contribution >= 0.6 is 0 Å². The van der Waals surface area contributed by atoms with Crippen molar-refractivity contribution >= 4 is 17.7 Å². The van der Waals surface area contributed by atoms with Crippen molar-refractivity contribution in [2.45, 2.75) is 5.92 Å². The van der Waals surface area contributed by atoms with Crippen molar-refractivity contribution in [1.29, 1.82) is 0 Å². The Hall–Kier alpha value is -2.66. The average Bonchev–Trinajstić information content (AvgIpc) is 2.99. The van der Waals surface area contributed by atoms with E-state index < -0.39 is 0 Å². The minimum atomic E-state index is -0.367. The number of ether oxygens (including phenoxy) is 1. The van der Waals surface area contributed by atoms with Gasteiger partial charge in [0, 0.05) is 23.7 Å². The van der Waals surface area contributed by atoms with Crippen molar-refractivity contribution in [2.24, 2.45) is 0 Å². The summed E-state index contributed by atoms with van der Waals surface area (Å²) in [4.78, 5) is 14.6.